The number of benzene rings is 1. The second kappa shape index (κ2) is 11.1. The molecule has 1 saturated carbocycles. The second-order valence-corrected chi connectivity index (χ2v) is 9.34. The molecule has 2 aliphatic rings. The van der Waals surface area contributed by atoms with Gasteiger partial charge in [-0.05, 0) is 94.5 Å². The molecule has 1 saturated heterocycles. The lowest BCUT2D eigenvalue weighted by Crippen LogP contribution is -2.48. The average molecular weight is 417 g/mol. The summed E-state index contributed by atoms with van der Waals surface area (Å²) in [4.78, 5) is 15.5. The molecule has 5 nitrogen and oxygen atoms in total. The molecule has 168 valence electrons. The van der Waals surface area contributed by atoms with E-state index in [1.807, 2.05) is 31.2 Å². The molecule has 1 heterocycles. The first kappa shape index (κ1) is 23.1. The molecule has 0 spiro atoms. The van der Waals surface area contributed by atoms with Gasteiger partial charge < -0.3 is 19.7 Å². The van der Waals surface area contributed by atoms with E-state index in [0.717, 1.165) is 62.6 Å². The van der Waals surface area contributed by atoms with Crippen molar-refractivity contribution in [2.75, 3.05) is 38.2 Å². The molecule has 5 heteroatoms. The van der Waals surface area contributed by atoms with E-state index in [2.05, 4.69) is 24.1 Å². The van der Waals surface area contributed by atoms with Crippen molar-refractivity contribution < 1.29 is 14.3 Å². The third-order valence-electron chi connectivity index (χ3n) is 6.66. The summed E-state index contributed by atoms with van der Waals surface area (Å²) in [5, 5.41) is 3.07. The van der Waals surface area contributed by atoms with Gasteiger partial charge in [-0.1, -0.05) is 13.8 Å². The zero-order valence-corrected chi connectivity index (χ0v) is 19.1. The molecule has 0 bridgehead atoms. The number of carbonyl (C=O) groups excluding carboxylic acids is 1. The van der Waals surface area contributed by atoms with Crippen molar-refractivity contribution in [3.05, 3.63) is 24.3 Å². The van der Waals surface area contributed by atoms with Crippen LogP contribution in [-0.4, -0.2) is 49.3 Å². The van der Waals surface area contributed by atoms with Crippen LogP contribution in [-0.2, 0) is 9.53 Å². The van der Waals surface area contributed by atoms with Gasteiger partial charge >= 0.3 is 0 Å². The number of carbonyl (C=O) groups is 1. The predicted octanol–water partition coefficient (Wildman–Crippen LogP) is 5.11. The number of rotatable bonds is 9. The highest BCUT2D eigenvalue weighted by Gasteiger charge is 2.41. The van der Waals surface area contributed by atoms with Gasteiger partial charge in [-0.25, -0.2) is 0 Å². The monoisotopic (exact) mass is 416 g/mol. The first-order valence-corrected chi connectivity index (χ1v) is 11.9. The zero-order chi connectivity index (χ0) is 21.4. The number of hydrogen-bond donors (Lipinski definition) is 1. The molecule has 1 aliphatic heterocycles. The number of amides is 1. The minimum atomic E-state index is -0.678. The van der Waals surface area contributed by atoms with Crippen LogP contribution >= 0.6 is 0 Å². The van der Waals surface area contributed by atoms with Crippen molar-refractivity contribution in [3.8, 4) is 5.75 Å². The molecule has 1 amide bonds. The molecular formula is C25H40N2O3. The fourth-order valence-electron chi connectivity index (χ4n) is 4.79. The average Bonchev–Trinajstić information content (AvgIpc) is 2.74. The van der Waals surface area contributed by atoms with Crippen LogP contribution in [0.15, 0.2) is 24.3 Å². The number of piperidine rings is 1. The van der Waals surface area contributed by atoms with Crippen LogP contribution in [0.2, 0.25) is 0 Å². The highest BCUT2D eigenvalue weighted by atomic mass is 16.5. The van der Waals surface area contributed by atoms with Crippen molar-refractivity contribution in [1.82, 2.24) is 4.90 Å². The Morgan fingerprint density at radius 2 is 1.87 bits per heavy atom. The minimum Gasteiger partial charge on any atom is -0.494 e. The molecule has 0 radical (unpaired) electrons. The quantitative estimate of drug-likeness (QED) is 0.568. The Kier molecular flexibility index (Phi) is 8.58. The maximum absolute atomic E-state index is 13.0. The summed E-state index contributed by atoms with van der Waals surface area (Å²) in [5.41, 5.74) is 0.120. The highest BCUT2D eigenvalue weighted by Crippen LogP contribution is 2.36. The summed E-state index contributed by atoms with van der Waals surface area (Å²) >= 11 is 0. The van der Waals surface area contributed by atoms with Crippen LogP contribution in [0.25, 0.3) is 0 Å². The highest BCUT2D eigenvalue weighted by molar-refractivity contribution is 5.97. The third kappa shape index (κ3) is 6.45. The molecule has 1 aromatic rings. The van der Waals surface area contributed by atoms with Crippen LogP contribution in [0.1, 0.15) is 65.7 Å². The smallest absolute Gasteiger partial charge is 0.256 e. The van der Waals surface area contributed by atoms with E-state index in [4.69, 9.17) is 9.47 Å². The minimum absolute atomic E-state index is 0.0133. The maximum Gasteiger partial charge on any atom is 0.256 e. The van der Waals surface area contributed by atoms with E-state index < -0.39 is 5.60 Å². The summed E-state index contributed by atoms with van der Waals surface area (Å²) in [7, 11) is 0. The van der Waals surface area contributed by atoms with Crippen molar-refractivity contribution >= 4 is 11.6 Å². The molecule has 30 heavy (non-hydrogen) atoms. The number of nitrogens with one attached hydrogen (secondary N) is 1. The molecule has 1 N–H and O–H groups in total. The lowest BCUT2D eigenvalue weighted by molar-refractivity contribution is -0.146. The summed E-state index contributed by atoms with van der Waals surface area (Å²) in [6.45, 7) is 11.4. The van der Waals surface area contributed by atoms with Gasteiger partial charge in [0.2, 0.25) is 0 Å². The summed E-state index contributed by atoms with van der Waals surface area (Å²) in [6.07, 6.45) is 7.39. The number of likely N-dealkylation sites (tertiary alicyclic amines) is 1. The Hall–Kier alpha value is -1.59. The first-order valence-electron chi connectivity index (χ1n) is 11.9. The number of anilines is 1. The van der Waals surface area contributed by atoms with E-state index in [0.29, 0.717) is 12.5 Å². The maximum atomic E-state index is 13.0. The third-order valence-corrected chi connectivity index (χ3v) is 6.66. The Bertz CT molecular complexity index is 653. The molecular weight excluding hydrogens is 376 g/mol. The zero-order valence-electron chi connectivity index (χ0n) is 19.1. The van der Waals surface area contributed by atoms with Crippen molar-refractivity contribution in [2.24, 2.45) is 11.8 Å². The van der Waals surface area contributed by atoms with Crippen LogP contribution in [0.5, 0.6) is 5.75 Å². The van der Waals surface area contributed by atoms with Crippen molar-refractivity contribution in [3.63, 3.8) is 0 Å². The lowest BCUT2D eigenvalue weighted by Gasteiger charge is -2.37. The number of ether oxygens (including phenoxy) is 2. The standard InChI is InChI=1S/C25H40N2O3/c1-4-30-25(14-12-20(2)13-15-25)24(28)26-22-8-10-23(11-9-22)29-18-6-17-27-16-5-7-21(3)19-27/h8-11,20-21H,4-7,12-19H2,1-3H3,(H,26,28)/t20?,21-,25?/m1/s1. The van der Waals surface area contributed by atoms with Gasteiger partial charge in [0.25, 0.3) is 5.91 Å². The van der Waals surface area contributed by atoms with Crippen molar-refractivity contribution in [1.29, 1.82) is 0 Å². The Balaban J connectivity index is 1.43. The molecule has 1 aliphatic carbocycles. The van der Waals surface area contributed by atoms with Crippen LogP contribution in [0.3, 0.4) is 0 Å². The van der Waals surface area contributed by atoms with E-state index in [1.165, 1.54) is 25.9 Å². The van der Waals surface area contributed by atoms with Gasteiger partial charge in [0.05, 0.1) is 6.61 Å². The van der Waals surface area contributed by atoms with E-state index >= 15 is 0 Å². The Morgan fingerprint density at radius 3 is 2.53 bits per heavy atom. The van der Waals surface area contributed by atoms with E-state index in [9.17, 15) is 4.79 Å². The number of hydrogen-bond acceptors (Lipinski definition) is 4. The van der Waals surface area contributed by atoms with Gasteiger partial charge in [-0.3, -0.25) is 4.79 Å². The lowest BCUT2D eigenvalue weighted by atomic mass is 9.78. The summed E-state index contributed by atoms with van der Waals surface area (Å²) in [5.74, 6) is 2.33. The van der Waals surface area contributed by atoms with Gasteiger partial charge in [0.15, 0.2) is 0 Å². The van der Waals surface area contributed by atoms with Crippen LogP contribution in [0, 0.1) is 11.8 Å². The Labute approximate surface area is 182 Å². The van der Waals surface area contributed by atoms with Gasteiger partial charge in [-0.15, -0.1) is 0 Å². The number of nitrogens with zero attached hydrogens (tertiary/aromatic N) is 1. The SMILES string of the molecule is CCOC1(C(=O)Nc2ccc(OCCCN3CCC[C@@H](C)C3)cc2)CCC(C)CC1. The predicted molar refractivity (Wildman–Crippen MR) is 122 cm³/mol. The molecule has 3 rings (SSSR count). The van der Waals surface area contributed by atoms with E-state index in [1.54, 1.807) is 0 Å². The fourth-order valence-corrected chi connectivity index (χ4v) is 4.79. The van der Waals surface area contributed by atoms with E-state index in [-0.39, 0.29) is 5.91 Å². The molecule has 1 aromatic carbocycles. The first-order chi connectivity index (χ1) is 14.5. The largest absolute Gasteiger partial charge is 0.494 e. The molecule has 1 atom stereocenters. The fraction of sp³-hybridized carbons (Fsp3) is 0.720. The van der Waals surface area contributed by atoms with Gasteiger partial charge in [-0.2, -0.15) is 0 Å². The van der Waals surface area contributed by atoms with Crippen LogP contribution < -0.4 is 10.1 Å². The normalized spacial score (nSPS) is 27.6. The van der Waals surface area contributed by atoms with Crippen molar-refractivity contribution in [2.45, 2.75) is 71.3 Å². The van der Waals surface area contributed by atoms with Crippen LogP contribution in [0.4, 0.5) is 5.69 Å². The molecule has 0 unspecified atom stereocenters. The Morgan fingerprint density at radius 1 is 1.13 bits per heavy atom. The molecule has 2 fully saturated rings. The molecule has 0 aromatic heterocycles. The summed E-state index contributed by atoms with van der Waals surface area (Å²) in [6, 6.07) is 7.72. The topological polar surface area (TPSA) is 50.8 Å². The van der Waals surface area contributed by atoms with Gasteiger partial charge in [0, 0.05) is 25.4 Å². The van der Waals surface area contributed by atoms with Gasteiger partial charge in [0.1, 0.15) is 11.4 Å². The second-order valence-electron chi connectivity index (χ2n) is 9.34. The summed E-state index contributed by atoms with van der Waals surface area (Å²) < 4.78 is 11.9.